The van der Waals surface area contributed by atoms with Gasteiger partial charge in [-0.05, 0) is 32.0 Å². The van der Waals surface area contributed by atoms with E-state index in [0.717, 1.165) is 0 Å². The molecule has 9 heteroatoms. The zero-order chi connectivity index (χ0) is 15.4. The lowest BCUT2D eigenvalue weighted by Crippen LogP contribution is -2.27. The van der Waals surface area contributed by atoms with E-state index in [0.29, 0.717) is 41.1 Å². The Morgan fingerprint density at radius 1 is 1.36 bits per heavy atom. The molecule has 0 atom stereocenters. The van der Waals surface area contributed by atoms with Gasteiger partial charge in [-0.2, -0.15) is 0 Å². The van der Waals surface area contributed by atoms with Crippen LogP contribution in [-0.2, 0) is 0 Å². The van der Waals surface area contributed by atoms with Crippen molar-refractivity contribution in [2.45, 2.75) is 13.3 Å². The number of carbonyl (C=O) groups is 1. The molecule has 2 rings (SSSR count). The molecule has 120 valence electrons. The summed E-state index contributed by atoms with van der Waals surface area (Å²) >= 11 is 12.3. The van der Waals surface area contributed by atoms with E-state index in [9.17, 15) is 4.79 Å². The minimum Gasteiger partial charge on any atom is -0.349 e. The summed E-state index contributed by atoms with van der Waals surface area (Å²) in [7, 11) is 0. The number of para-hydroxylation sites is 1. The second-order valence-corrected chi connectivity index (χ2v) is 5.18. The van der Waals surface area contributed by atoms with Crippen molar-refractivity contribution in [1.82, 2.24) is 20.1 Å². The van der Waals surface area contributed by atoms with Gasteiger partial charge in [0.25, 0.3) is 5.91 Å². The minimum absolute atomic E-state index is 0. The third kappa shape index (κ3) is 4.10. The first kappa shape index (κ1) is 18.7. The maximum absolute atomic E-state index is 11.9. The monoisotopic (exact) mass is 363 g/mol. The average molecular weight is 365 g/mol. The van der Waals surface area contributed by atoms with E-state index >= 15 is 0 Å². The molecule has 0 bridgehead atoms. The zero-order valence-electron chi connectivity index (χ0n) is 11.8. The van der Waals surface area contributed by atoms with Gasteiger partial charge in [0.1, 0.15) is 11.5 Å². The maximum Gasteiger partial charge on any atom is 0.290 e. The third-order valence-electron chi connectivity index (χ3n) is 2.79. The van der Waals surface area contributed by atoms with Gasteiger partial charge in [-0.3, -0.25) is 4.79 Å². The highest BCUT2D eigenvalue weighted by Gasteiger charge is 2.17. The van der Waals surface area contributed by atoms with Crippen molar-refractivity contribution in [2.75, 3.05) is 13.1 Å². The molecule has 6 nitrogen and oxygen atoms in total. The van der Waals surface area contributed by atoms with Crippen molar-refractivity contribution in [3.63, 3.8) is 0 Å². The fourth-order valence-electron chi connectivity index (χ4n) is 1.77. The van der Waals surface area contributed by atoms with Crippen LogP contribution in [0.1, 0.15) is 22.9 Å². The number of carbonyl (C=O) groups excluding carboxylic acids is 1. The highest BCUT2D eigenvalue weighted by Crippen LogP contribution is 2.28. The molecule has 0 saturated carbocycles. The number of nitrogens with zero attached hydrogens (tertiary/aromatic N) is 3. The highest BCUT2D eigenvalue weighted by atomic mass is 35.5. The predicted octanol–water partition coefficient (Wildman–Crippen LogP) is 2.38. The molecule has 0 saturated heterocycles. The third-order valence-corrected chi connectivity index (χ3v) is 3.40. The average Bonchev–Trinajstić information content (AvgIpc) is 2.81. The van der Waals surface area contributed by atoms with E-state index in [-0.39, 0.29) is 24.1 Å². The Morgan fingerprint density at radius 3 is 2.59 bits per heavy atom. The Balaban J connectivity index is 0.00000242. The second kappa shape index (κ2) is 8.33. The number of hydrogen-bond acceptors (Lipinski definition) is 4. The van der Waals surface area contributed by atoms with Crippen molar-refractivity contribution in [3.8, 4) is 5.69 Å². The smallest absolute Gasteiger partial charge is 0.290 e. The minimum atomic E-state index is -0.353. The van der Waals surface area contributed by atoms with E-state index in [2.05, 4.69) is 15.4 Å². The molecular weight excluding hydrogens is 349 g/mol. The number of benzene rings is 1. The van der Waals surface area contributed by atoms with Crippen LogP contribution in [0.25, 0.3) is 5.69 Å². The standard InChI is InChI=1S/C13H15Cl2N5O.ClH/c1-8-18-12(13(21)17-7-3-6-16)19-20(8)11-9(14)4-2-5-10(11)15;/h2,4-5H,3,6-7,16H2,1H3,(H,17,21);1H. The second-order valence-electron chi connectivity index (χ2n) is 4.36. The first-order valence-electron chi connectivity index (χ1n) is 6.41. The summed E-state index contributed by atoms with van der Waals surface area (Å²) in [5.74, 6) is 0.239. The first-order chi connectivity index (χ1) is 10.0. The normalized spacial score (nSPS) is 10.2. The van der Waals surface area contributed by atoms with Gasteiger partial charge in [0.05, 0.1) is 10.0 Å². The van der Waals surface area contributed by atoms with Crippen molar-refractivity contribution >= 4 is 41.5 Å². The number of rotatable bonds is 5. The van der Waals surface area contributed by atoms with E-state index in [1.165, 1.54) is 4.68 Å². The summed E-state index contributed by atoms with van der Waals surface area (Å²) in [6, 6.07) is 5.14. The maximum atomic E-state index is 11.9. The molecule has 1 amide bonds. The van der Waals surface area contributed by atoms with Gasteiger partial charge in [-0.15, -0.1) is 17.5 Å². The molecule has 1 aromatic heterocycles. The molecule has 0 aliphatic rings. The molecule has 1 heterocycles. The van der Waals surface area contributed by atoms with Crippen LogP contribution in [0.5, 0.6) is 0 Å². The van der Waals surface area contributed by atoms with E-state index in [1.54, 1.807) is 25.1 Å². The molecule has 0 spiro atoms. The zero-order valence-corrected chi connectivity index (χ0v) is 14.2. The number of aromatic nitrogens is 3. The van der Waals surface area contributed by atoms with Gasteiger partial charge in [-0.25, -0.2) is 9.67 Å². The van der Waals surface area contributed by atoms with Crippen LogP contribution >= 0.6 is 35.6 Å². The Hall–Kier alpha value is -1.34. The van der Waals surface area contributed by atoms with Crippen LogP contribution in [0.4, 0.5) is 0 Å². The molecule has 0 aliphatic carbocycles. The van der Waals surface area contributed by atoms with E-state index in [4.69, 9.17) is 28.9 Å². The van der Waals surface area contributed by atoms with Gasteiger partial charge in [0.2, 0.25) is 5.82 Å². The Kier molecular flexibility index (Phi) is 7.09. The lowest BCUT2D eigenvalue weighted by Gasteiger charge is -2.07. The topological polar surface area (TPSA) is 85.8 Å². The van der Waals surface area contributed by atoms with Crippen LogP contribution in [0.15, 0.2) is 18.2 Å². The van der Waals surface area contributed by atoms with Gasteiger partial charge < -0.3 is 11.1 Å². The quantitative estimate of drug-likeness (QED) is 0.798. The predicted molar refractivity (Wildman–Crippen MR) is 89.4 cm³/mol. The van der Waals surface area contributed by atoms with Crippen molar-refractivity contribution in [1.29, 1.82) is 0 Å². The fraction of sp³-hybridized carbons (Fsp3) is 0.308. The SMILES string of the molecule is Cc1nc(C(=O)NCCCN)nn1-c1c(Cl)cccc1Cl.Cl. The van der Waals surface area contributed by atoms with Crippen molar-refractivity contribution in [3.05, 3.63) is 39.9 Å². The molecule has 0 fully saturated rings. The van der Waals surface area contributed by atoms with Crippen LogP contribution in [0.2, 0.25) is 10.0 Å². The van der Waals surface area contributed by atoms with Crippen LogP contribution in [0, 0.1) is 6.92 Å². The Labute approximate surface area is 144 Å². The fourth-order valence-corrected chi connectivity index (χ4v) is 2.33. The molecular formula is C13H16Cl3N5O. The summed E-state index contributed by atoms with van der Waals surface area (Å²) in [4.78, 5) is 16.1. The van der Waals surface area contributed by atoms with Gasteiger partial charge in [0.15, 0.2) is 0 Å². The first-order valence-corrected chi connectivity index (χ1v) is 7.16. The lowest BCUT2D eigenvalue weighted by atomic mass is 10.3. The number of halogens is 3. The number of amides is 1. The largest absolute Gasteiger partial charge is 0.349 e. The molecule has 1 aromatic carbocycles. The van der Waals surface area contributed by atoms with Crippen LogP contribution < -0.4 is 11.1 Å². The van der Waals surface area contributed by atoms with Gasteiger partial charge in [-0.1, -0.05) is 29.3 Å². The number of nitrogens with two attached hydrogens (primary N) is 1. The van der Waals surface area contributed by atoms with Crippen molar-refractivity contribution in [2.24, 2.45) is 5.73 Å². The lowest BCUT2D eigenvalue weighted by molar-refractivity contribution is 0.0943. The van der Waals surface area contributed by atoms with Gasteiger partial charge in [0, 0.05) is 6.54 Å². The highest BCUT2D eigenvalue weighted by molar-refractivity contribution is 6.37. The van der Waals surface area contributed by atoms with Gasteiger partial charge >= 0.3 is 0 Å². The summed E-state index contributed by atoms with van der Waals surface area (Å²) < 4.78 is 1.46. The Morgan fingerprint density at radius 2 is 2.00 bits per heavy atom. The summed E-state index contributed by atoms with van der Waals surface area (Å²) in [6.07, 6.45) is 0.696. The summed E-state index contributed by atoms with van der Waals surface area (Å²) in [6.45, 7) is 2.72. The number of nitrogens with one attached hydrogen (secondary N) is 1. The van der Waals surface area contributed by atoms with E-state index < -0.39 is 0 Å². The summed E-state index contributed by atoms with van der Waals surface area (Å²) in [5, 5.41) is 7.74. The molecule has 22 heavy (non-hydrogen) atoms. The molecule has 0 radical (unpaired) electrons. The molecule has 2 aromatic rings. The van der Waals surface area contributed by atoms with E-state index in [1.807, 2.05) is 0 Å². The molecule has 3 N–H and O–H groups in total. The Bertz CT molecular complexity index is 639. The van der Waals surface area contributed by atoms with Crippen LogP contribution in [-0.4, -0.2) is 33.8 Å². The summed E-state index contributed by atoms with van der Waals surface area (Å²) in [5.41, 5.74) is 5.88. The van der Waals surface area contributed by atoms with Crippen molar-refractivity contribution < 1.29 is 4.79 Å². The van der Waals surface area contributed by atoms with Crippen LogP contribution in [0.3, 0.4) is 0 Å². The number of hydrogen-bond donors (Lipinski definition) is 2. The molecule has 0 aliphatic heterocycles. The number of aryl methyl sites for hydroxylation is 1. The molecule has 0 unspecified atom stereocenters.